The van der Waals surface area contributed by atoms with E-state index in [4.69, 9.17) is 4.74 Å². The Morgan fingerprint density at radius 2 is 2.06 bits per heavy atom. The van der Waals surface area contributed by atoms with Crippen molar-refractivity contribution < 1.29 is 4.74 Å². The number of aryl methyl sites for hydroxylation is 1. The van der Waals surface area contributed by atoms with Gasteiger partial charge in [0.15, 0.2) is 0 Å². The van der Waals surface area contributed by atoms with Crippen molar-refractivity contribution in [2.24, 2.45) is 0 Å². The highest BCUT2D eigenvalue weighted by Gasteiger charge is 2.15. The number of aromatic amines is 1. The van der Waals surface area contributed by atoms with Gasteiger partial charge >= 0.3 is 0 Å². The quantitative estimate of drug-likeness (QED) is 0.832. The van der Waals surface area contributed by atoms with Crippen molar-refractivity contribution in [3.8, 4) is 5.75 Å². The Hall–Kier alpha value is -1.48. The summed E-state index contributed by atoms with van der Waals surface area (Å²) in [6.07, 6.45) is 2.55. The van der Waals surface area contributed by atoms with Crippen LogP contribution in [0.4, 0.5) is 0 Å². The molecule has 2 N–H and O–H groups in total. The van der Waals surface area contributed by atoms with Crippen LogP contribution >= 0.6 is 0 Å². The zero-order valence-corrected chi connectivity index (χ0v) is 10.1. The molecule has 0 amide bonds. The first kappa shape index (κ1) is 10.7. The Morgan fingerprint density at radius 1 is 1.24 bits per heavy atom. The molecule has 2 heterocycles. The van der Waals surface area contributed by atoms with E-state index in [9.17, 15) is 0 Å². The lowest BCUT2D eigenvalue weighted by Gasteiger charge is -2.24. The number of piperidine rings is 1. The monoisotopic (exact) mass is 230 g/mol. The van der Waals surface area contributed by atoms with E-state index < -0.39 is 0 Å². The molecule has 1 aliphatic rings. The maximum Gasteiger partial charge on any atom is 0.129 e. The van der Waals surface area contributed by atoms with Crippen molar-refractivity contribution in [3.63, 3.8) is 0 Å². The number of benzene rings is 1. The zero-order chi connectivity index (χ0) is 11.7. The van der Waals surface area contributed by atoms with Crippen LogP contribution in [-0.2, 0) is 0 Å². The van der Waals surface area contributed by atoms with E-state index in [1.807, 2.05) is 0 Å². The molecule has 0 bridgehead atoms. The molecule has 2 aromatic rings. The standard InChI is InChI=1S/C14H18N2O/c1-10-9-12-13(16-10)3-2-4-14(12)17-11-5-7-15-8-6-11/h2-4,9,11,15-16H,5-8H2,1H3. The van der Waals surface area contributed by atoms with Crippen LogP contribution in [0.2, 0.25) is 0 Å². The van der Waals surface area contributed by atoms with Crippen LogP contribution in [0.25, 0.3) is 10.9 Å². The third kappa shape index (κ3) is 2.15. The number of aromatic nitrogens is 1. The fourth-order valence-corrected chi connectivity index (χ4v) is 2.46. The molecule has 0 saturated carbocycles. The van der Waals surface area contributed by atoms with Gasteiger partial charge in [0.2, 0.25) is 0 Å². The van der Waals surface area contributed by atoms with Crippen LogP contribution in [0.15, 0.2) is 24.3 Å². The number of hydrogen-bond acceptors (Lipinski definition) is 2. The second-order valence-corrected chi connectivity index (χ2v) is 4.74. The molecule has 1 fully saturated rings. The lowest BCUT2D eigenvalue weighted by molar-refractivity contribution is 0.164. The summed E-state index contributed by atoms with van der Waals surface area (Å²) in [4.78, 5) is 3.34. The first-order chi connectivity index (χ1) is 8.33. The molecule has 0 atom stereocenters. The zero-order valence-electron chi connectivity index (χ0n) is 10.1. The second-order valence-electron chi connectivity index (χ2n) is 4.74. The number of H-pyrrole nitrogens is 1. The molecule has 3 rings (SSSR count). The Bertz CT molecular complexity index is 512. The van der Waals surface area contributed by atoms with Gasteiger partial charge in [-0.15, -0.1) is 0 Å². The predicted molar refractivity (Wildman–Crippen MR) is 69.6 cm³/mol. The van der Waals surface area contributed by atoms with E-state index in [2.05, 4.69) is 41.5 Å². The minimum absolute atomic E-state index is 0.358. The number of ether oxygens (including phenoxy) is 1. The van der Waals surface area contributed by atoms with Gasteiger partial charge in [0.05, 0.1) is 0 Å². The third-order valence-corrected chi connectivity index (χ3v) is 3.34. The number of hydrogen-bond donors (Lipinski definition) is 2. The summed E-state index contributed by atoms with van der Waals surface area (Å²) in [5.41, 5.74) is 2.34. The predicted octanol–water partition coefficient (Wildman–Crippen LogP) is 2.61. The molecular formula is C14H18N2O. The average molecular weight is 230 g/mol. The first-order valence-corrected chi connectivity index (χ1v) is 6.28. The molecule has 1 aliphatic heterocycles. The molecule has 0 unspecified atom stereocenters. The fraction of sp³-hybridized carbons (Fsp3) is 0.429. The van der Waals surface area contributed by atoms with Gasteiger partial charge in [0.1, 0.15) is 11.9 Å². The Morgan fingerprint density at radius 3 is 2.88 bits per heavy atom. The number of fused-ring (bicyclic) bond motifs is 1. The average Bonchev–Trinajstić information content (AvgIpc) is 2.72. The Balaban J connectivity index is 1.88. The molecule has 0 spiro atoms. The molecule has 90 valence electrons. The molecule has 3 nitrogen and oxygen atoms in total. The normalized spacial score (nSPS) is 17.5. The minimum Gasteiger partial charge on any atom is -0.490 e. The number of rotatable bonds is 2. The van der Waals surface area contributed by atoms with E-state index in [0.717, 1.165) is 37.2 Å². The second kappa shape index (κ2) is 4.41. The summed E-state index contributed by atoms with van der Waals surface area (Å²) >= 11 is 0. The van der Waals surface area contributed by atoms with Gasteiger partial charge in [-0.05, 0) is 51.1 Å². The van der Waals surface area contributed by atoms with Gasteiger partial charge in [-0.25, -0.2) is 0 Å². The van der Waals surface area contributed by atoms with E-state index >= 15 is 0 Å². The fourth-order valence-electron chi connectivity index (χ4n) is 2.46. The molecular weight excluding hydrogens is 212 g/mol. The lowest BCUT2D eigenvalue weighted by Crippen LogP contribution is -2.34. The molecule has 1 aromatic carbocycles. The lowest BCUT2D eigenvalue weighted by atomic mass is 10.1. The number of nitrogens with one attached hydrogen (secondary N) is 2. The van der Waals surface area contributed by atoms with E-state index in [-0.39, 0.29) is 0 Å². The van der Waals surface area contributed by atoms with Crippen LogP contribution in [0.3, 0.4) is 0 Å². The molecule has 0 radical (unpaired) electrons. The van der Waals surface area contributed by atoms with Crippen LogP contribution < -0.4 is 10.1 Å². The van der Waals surface area contributed by atoms with Crippen molar-refractivity contribution in [2.45, 2.75) is 25.9 Å². The maximum absolute atomic E-state index is 6.12. The van der Waals surface area contributed by atoms with Crippen molar-refractivity contribution >= 4 is 10.9 Å². The Labute approximate surface area is 101 Å². The van der Waals surface area contributed by atoms with Gasteiger partial charge in [-0.2, -0.15) is 0 Å². The van der Waals surface area contributed by atoms with Gasteiger partial charge in [-0.3, -0.25) is 0 Å². The van der Waals surface area contributed by atoms with Crippen molar-refractivity contribution in [2.75, 3.05) is 13.1 Å². The van der Waals surface area contributed by atoms with Gasteiger partial charge < -0.3 is 15.0 Å². The summed E-state index contributed by atoms with van der Waals surface area (Å²) in [5.74, 6) is 1.01. The summed E-state index contributed by atoms with van der Waals surface area (Å²) in [6.45, 7) is 4.20. The van der Waals surface area contributed by atoms with Gasteiger partial charge in [0.25, 0.3) is 0 Å². The Kier molecular flexibility index (Phi) is 2.77. The van der Waals surface area contributed by atoms with Gasteiger partial charge in [0, 0.05) is 16.6 Å². The van der Waals surface area contributed by atoms with E-state index in [1.165, 1.54) is 11.1 Å². The van der Waals surface area contributed by atoms with Crippen LogP contribution in [0.5, 0.6) is 5.75 Å². The highest BCUT2D eigenvalue weighted by atomic mass is 16.5. The highest BCUT2D eigenvalue weighted by molar-refractivity contribution is 5.86. The SMILES string of the molecule is Cc1cc2c(OC3CCNCC3)cccc2[nH]1. The molecule has 17 heavy (non-hydrogen) atoms. The van der Waals surface area contributed by atoms with Crippen LogP contribution in [0, 0.1) is 6.92 Å². The molecule has 3 heteroatoms. The van der Waals surface area contributed by atoms with E-state index in [1.54, 1.807) is 0 Å². The van der Waals surface area contributed by atoms with Crippen molar-refractivity contribution in [1.29, 1.82) is 0 Å². The molecule has 0 aliphatic carbocycles. The summed E-state index contributed by atoms with van der Waals surface area (Å²) in [7, 11) is 0. The summed E-state index contributed by atoms with van der Waals surface area (Å²) in [5, 5.41) is 4.55. The minimum atomic E-state index is 0.358. The topological polar surface area (TPSA) is 37.0 Å². The van der Waals surface area contributed by atoms with E-state index in [0.29, 0.717) is 6.10 Å². The van der Waals surface area contributed by atoms with Crippen LogP contribution in [0.1, 0.15) is 18.5 Å². The smallest absolute Gasteiger partial charge is 0.129 e. The highest BCUT2D eigenvalue weighted by Crippen LogP contribution is 2.28. The summed E-state index contributed by atoms with van der Waals surface area (Å²) in [6, 6.07) is 8.37. The molecule has 1 saturated heterocycles. The molecule has 1 aromatic heterocycles. The first-order valence-electron chi connectivity index (χ1n) is 6.28. The van der Waals surface area contributed by atoms with Crippen LogP contribution in [-0.4, -0.2) is 24.2 Å². The van der Waals surface area contributed by atoms with Crippen molar-refractivity contribution in [3.05, 3.63) is 30.0 Å². The van der Waals surface area contributed by atoms with Crippen molar-refractivity contribution in [1.82, 2.24) is 10.3 Å². The van der Waals surface area contributed by atoms with Gasteiger partial charge in [-0.1, -0.05) is 6.07 Å². The largest absolute Gasteiger partial charge is 0.490 e. The maximum atomic E-state index is 6.12. The summed E-state index contributed by atoms with van der Waals surface area (Å²) < 4.78 is 6.12. The third-order valence-electron chi connectivity index (χ3n) is 3.34.